The van der Waals surface area contributed by atoms with Crippen molar-refractivity contribution in [1.82, 2.24) is 19.9 Å². The molecule has 0 unspecified atom stereocenters. The predicted octanol–water partition coefficient (Wildman–Crippen LogP) is 4.01. The minimum atomic E-state index is -0.336. The van der Waals surface area contributed by atoms with Gasteiger partial charge < -0.3 is 20.4 Å². The van der Waals surface area contributed by atoms with Crippen LogP contribution in [0.5, 0.6) is 11.5 Å². The van der Waals surface area contributed by atoms with Crippen LogP contribution in [0.15, 0.2) is 67.5 Å². The second-order valence-corrected chi connectivity index (χ2v) is 7.66. The number of para-hydroxylation sites is 1. The van der Waals surface area contributed by atoms with Crippen molar-refractivity contribution in [3.63, 3.8) is 0 Å². The van der Waals surface area contributed by atoms with Crippen LogP contribution in [0.25, 0.3) is 27.7 Å². The smallest absolute Gasteiger partial charge is 0.296 e. The van der Waals surface area contributed by atoms with Gasteiger partial charge in [0.25, 0.3) is 5.91 Å². The quantitative estimate of drug-likeness (QED) is 0.473. The van der Waals surface area contributed by atoms with Crippen molar-refractivity contribution in [1.29, 1.82) is 0 Å². The molecule has 7 nitrogen and oxygen atoms in total. The van der Waals surface area contributed by atoms with Gasteiger partial charge in [0.15, 0.2) is 0 Å². The normalized spacial score (nSPS) is 14.5. The van der Waals surface area contributed by atoms with Crippen LogP contribution in [0, 0.1) is 11.8 Å². The third kappa shape index (κ3) is 3.58. The van der Waals surface area contributed by atoms with Gasteiger partial charge in [0, 0.05) is 12.1 Å². The van der Waals surface area contributed by atoms with Crippen LogP contribution in [0.3, 0.4) is 0 Å². The third-order valence-corrected chi connectivity index (χ3v) is 5.62. The highest BCUT2D eigenvalue weighted by Gasteiger charge is 2.34. The maximum atomic E-state index is 12.1. The standard InChI is InChI=1S/C26H21N5O2/c1-3-7-21(32)30-20-14-31-24(16(20)2)22(23-25(27)28-15-29-26(23)31)17-10-12-19(13-11-17)33-18-8-5-4-6-9-18/h4-6,8-13,15,20H,2,14H2,1H3,(H,30,32)(H2,27,28,29)/t20-/m1/s1. The van der Waals surface area contributed by atoms with Gasteiger partial charge in [-0.2, -0.15) is 0 Å². The fraction of sp³-hybridized carbons (Fsp3) is 0.115. The fourth-order valence-corrected chi connectivity index (χ4v) is 4.20. The molecule has 2 aromatic heterocycles. The summed E-state index contributed by atoms with van der Waals surface area (Å²) in [5.41, 5.74) is 10.5. The molecule has 1 amide bonds. The van der Waals surface area contributed by atoms with E-state index < -0.39 is 0 Å². The minimum absolute atomic E-state index is 0.284. The molecule has 3 heterocycles. The van der Waals surface area contributed by atoms with E-state index in [9.17, 15) is 4.79 Å². The number of hydrogen-bond donors (Lipinski definition) is 2. The zero-order valence-corrected chi connectivity index (χ0v) is 18.0. The number of ether oxygens (including phenoxy) is 1. The molecular weight excluding hydrogens is 414 g/mol. The van der Waals surface area contributed by atoms with E-state index in [4.69, 9.17) is 10.5 Å². The number of nitrogens with zero attached hydrogens (tertiary/aromatic N) is 3. The number of fused-ring (bicyclic) bond motifs is 3. The molecular formula is C26H21N5O2. The first-order valence-electron chi connectivity index (χ1n) is 10.4. The predicted molar refractivity (Wildman–Crippen MR) is 128 cm³/mol. The van der Waals surface area contributed by atoms with E-state index in [-0.39, 0.29) is 11.9 Å². The molecule has 0 radical (unpaired) electrons. The molecule has 1 atom stereocenters. The molecule has 0 spiro atoms. The Morgan fingerprint density at radius 2 is 1.88 bits per heavy atom. The number of anilines is 1. The van der Waals surface area contributed by atoms with Gasteiger partial charge in [0.1, 0.15) is 29.3 Å². The fourth-order valence-electron chi connectivity index (χ4n) is 4.20. The Bertz CT molecular complexity index is 1440. The molecule has 3 N–H and O–H groups in total. The first kappa shape index (κ1) is 20.3. The first-order valence-corrected chi connectivity index (χ1v) is 10.4. The van der Waals surface area contributed by atoms with Crippen LogP contribution in [0.2, 0.25) is 0 Å². The van der Waals surface area contributed by atoms with Gasteiger partial charge in [-0.15, -0.1) is 0 Å². The summed E-state index contributed by atoms with van der Waals surface area (Å²) in [6, 6.07) is 17.1. The number of aromatic nitrogens is 3. The summed E-state index contributed by atoms with van der Waals surface area (Å²) in [6.45, 7) is 6.40. The largest absolute Gasteiger partial charge is 0.457 e. The van der Waals surface area contributed by atoms with Crippen LogP contribution in [-0.4, -0.2) is 26.5 Å². The Kier molecular flexibility index (Phi) is 5.04. The summed E-state index contributed by atoms with van der Waals surface area (Å²) in [7, 11) is 0. The van der Waals surface area contributed by atoms with E-state index in [0.29, 0.717) is 18.0 Å². The number of hydrogen-bond acceptors (Lipinski definition) is 5. The number of nitrogens with two attached hydrogens (primary N) is 1. The van der Waals surface area contributed by atoms with Crippen molar-refractivity contribution in [3.05, 3.63) is 73.2 Å². The molecule has 4 aromatic rings. The van der Waals surface area contributed by atoms with Crippen molar-refractivity contribution >= 4 is 28.3 Å². The van der Waals surface area contributed by atoms with Gasteiger partial charge in [-0.25, -0.2) is 9.97 Å². The molecule has 5 rings (SSSR count). The van der Waals surface area contributed by atoms with E-state index in [0.717, 1.165) is 39.3 Å². The SMILES string of the molecule is C=C1c2c(-c3ccc(Oc4ccccc4)cc3)c3c(N)ncnc3n2C[C@H]1NC(=O)C#CC. The summed E-state index contributed by atoms with van der Waals surface area (Å²) in [5, 5.41) is 3.70. The zero-order chi connectivity index (χ0) is 22.9. The molecule has 33 heavy (non-hydrogen) atoms. The zero-order valence-electron chi connectivity index (χ0n) is 18.0. The summed E-state index contributed by atoms with van der Waals surface area (Å²) >= 11 is 0. The molecule has 0 aliphatic carbocycles. The summed E-state index contributed by atoms with van der Waals surface area (Å²) < 4.78 is 7.96. The molecule has 0 bridgehead atoms. The second-order valence-electron chi connectivity index (χ2n) is 7.66. The molecule has 2 aromatic carbocycles. The maximum Gasteiger partial charge on any atom is 0.296 e. The van der Waals surface area contributed by atoms with Crippen molar-refractivity contribution in [2.75, 3.05) is 5.73 Å². The van der Waals surface area contributed by atoms with Gasteiger partial charge in [0.2, 0.25) is 0 Å². The Labute approximate surface area is 190 Å². The molecule has 0 fully saturated rings. The Morgan fingerprint density at radius 3 is 2.61 bits per heavy atom. The Balaban J connectivity index is 1.57. The topological polar surface area (TPSA) is 95.1 Å². The molecule has 0 saturated carbocycles. The summed E-state index contributed by atoms with van der Waals surface area (Å²) in [4.78, 5) is 20.8. The van der Waals surface area contributed by atoms with Crippen molar-refractivity contribution in [3.8, 4) is 34.5 Å². The average Bonchev–Trinajstić information content (AvgIpc) is 3.31. The number of carbonyl (C=O) groups is 1. The van der Waals surface area contributed by atoms with Gasteiger partial charge in [-0.05, 0) is 48.2 Å². The average molecular weight is 435 g/mol. The maximum absolute atomic E-state index is 12.1. The van der Waals surface area contributed by atoms with E-state index >= 15 is 0 Å². The van der Waals surface area contributed by atoms with Crippen LogP contribution < -0.4 is 15.8 Å². The molecule has 162 valence electrons. The highest BCUT2D eigenvalue weighted by molar-refractivity contribution is 6.07. The Hall–Kier alpha value is -4.57. The molecule has 7 heteroatoms. The monoisotopic (exact) mass is 435 g/mol. The minimum Gasteiger partial charge on any atom is -0.457 e. The number of nitrogens with one attached hydrogen (secondary N) is 1. The van der Waals surface area contributed by atoms with Crippen LogP contribution in [0.1, 0.15) is 12.6 Å². The lowest BCUT2D eigenvalue weighted by molar-refractivity contribution is -0.116. The second kappa shape index (κ2) is 8.17. The van der Waals surface area contributed by atoms with Gasteiger partial charge in [0.05, 0.1) is 17.1 Å². The number of amides is 1. The van der Waals surface area contributed by atoms with Crippen molar-refractivity contribution in [2.24, 2.45) is 0 Å². The van der Waals surface area contributed by atoms with E-state index in [1.807, 2.05) is 59.2 Å². The van der Waals surface area contributed by atoms with Crippen molar-refractivity contribution < 1.29 is 9.53 Å². The van der Waals surface area contributed by atoms with E-state index in [2.05, 4.69) is 33.7 Å². The summed E-state index contributed by atoms with van der Waals surface area (Å²) in [5.74, 6) is 6.68. The lowest BCUT2D eigenvalue weighted by atomic mass is 9.97. The number of nitrogen functional groups attached to an aromatic ring is 1. The number of rotatable bonds is 4. The van der Waals surface area contributed by atoms with Crippen LogP contribution >= 0.6 is 0 Å². The molecule has 1 aliphatic rings. The lowest BCUT2D eigenvalue weighted by Gasteiger charge is -2.13. The number of benzene rings is 2. The Morgan fingerprint density at radius 1 is 1.15 bits per heavy atom. The molecule has 1 aliphatic heterocycles. The van der Waals surface area contributed by atoms with E-state index in [1.165, 1.54) is 6.33 Å². The van der Waals surface area contributed by atoms with Gasteiger partial charge >= 0.3 is 0 Å². The highest BCUT2D eigenvalue weighted by Crippen LogP contribution is 2.44. The van der Waals surface area contributed by atoms with Gasteiger partial charge in [-0.1, -0.05) is 42.8 Å². The highest BCUT2D eigenvalue weighted by atomic mass is 16.5. The van der Waals surface area contributed by atoms with Gasteiger partial charge in [-0.3, -0.25) is 4.79 Å². The van der Waals surface area contributed by atoms with Crippen LogP contribution in [0.4, 0.5) is 5.82 Å². The lowest BCUT2D eigenvalue weighted by Crippen LogP contribution is -2.34. The van der Waals surface area contributed by atoms with Crippen LogP contribution in [-0.2, 0) is 11.3 Å². The van der Waals surface area contributed by atoms with Crippen molar-refractivity contribution in [2.45, 2.75) is 19.5 Å². The molecule has 0 saturated heterocycles. The summed E-state index contributed by atoms with van der Waals surface area (Å²) in [6.07, 6.45) is 1.45. The third-order valence-electron chi connectivity index (χ3n) is 5.62. The first-order chi connectivity index (χ1) is 16.1. The number of carbonyl (C=O) groups excluding carboxylic acids is 1. The van der Waals surface area contributed by atoms with E-state index in [1.54, 1.807) is 6.92 Å².